The van der Waals surface area contributed by atoms with Crippen molar-refractivity contribution in [1.29, 1.82) is 0 Å². The fourth-order valence-corrected chi connectivity index (χ4v) is 2.13. The van der Waals surface area contributed by atoms with Crippen molar-refractivity contribution in [3.05, 3.63) is 46.8 Å². The van der Waals surface area contributed by atoms with E-state index in [1.54, 1.807) is 12.5 Å². The molecule has 0 spiro atoms. The van der Waals surface area contributed by atoms with Crippen LogP contribution in [0.4, 0.5) is 0 Å². The maximum Gasteiger partial charge on any atom is 0.179 e. The van der Waals surface area contributed by atoms with E-state index < -0.39 is 0 Å². The predicted molar refractivity (Wildman–Crippen MR) is 67.5 cm³/mol. The summed E-state index contributed by atoms with van der Waals surface area (Å²) < 4.78 is 7.94. The highest BCUT2D eigenvalue weighted by Gasteiger charge is 2.08. The van der Waals surface area contributed by atoms with Crippen LogP contribution < -0.4 is 0 Å². The van der Waals surface area contributed by atoms with E-state index in [0.717, 1.165) is 22.5 Å². The lowest BCUT2D eigenvalue weighted by atomic mass is 10.3. The molecule has 17 heavy (non-hydrogen) atoms. The van der Waals surface area contributed by atoms with Crippen LogP contribution in [0.1, 0.15) is 11.3 Å². The molecule has 86 valence electrons. The van der Waals surface area contributed by atoms with Crippen molar-refractivity contribution in [2.75, 3.05) is 0 Å². The number of aromatic amines is 1. The van der Waals surface area contributed by atoms with Crippen molar-refractivity contribution in [1.82, 2.24) is 14.5 Å². The van der Waals surface area contributed by atoms with Gasteiger partial charge in [0, 0.05) is 6.20 Å². The molecule has 0 amide bonds. The molecule has 5 heteroatoms. The molecule has 0 aliphatic carbocycles. The molecule has 0 aromatic carbocycles. The van der Waals surface area contributed by atoms with Crippen LogP contribution in [0.5, 0.6) is 0 Å². The van der Waals surface area contributed by atoms with Gasteiger partial charge in [0.25, 0.3) is 0 Å². The van der Waals surface area contributed by atoms with Gasteiger partial charge in [0.15, 0.2) is 10.4 Å². The molecular formula is C12H11N3OS. The molecule has 0 atom stereocenters. The molecule has 0 aliphatic heterocycles. The zero-order valence-corrected chi connectivity index (χ0v) is 10.1. The number of fused-ring (bicyclic) bond motifs is 1. The van der Waals surface area contributed by atoms with Gasteiger partial charge in [0.2, 0.25) is 0 Å². The number of nitrogens with zero attached hydrogens (tertiary/aromatic N) is 2. The largest absolute Gasteiger partial charge is 0.467 e. The number of imidazole rings is 1. The molecule has 0 saturated heterocycles. The van der Waals surface area contributed by atoms with Crippen molar-refractivity contribution in [3.63, 3.8) is 0 Å². The van der Waals surface area contributed by atoms with Crippen LogP contribution in [-0.4, -0.2) is 14.5 Å². The second-order valence-electron chi connectivity index (χ2n) is 3.92. The van der Waals surface area contributed by atoms with Crippen molar-refractivity contribution in [2.45, 2.75) is 13.5 Å². The van der Waals surface area contributed by atoms with Gasteiger partial charge < -0.3 is 9.40 Å². The molecule has 0 radical (unpaired) electrons. The average molecular weight is 245 g/mol. The zero-order valence-electron chi connectivity index (χ0n) is 9.30. The summed E-state index contributed by atoms with van der Waals surface area (Å²) in [4.78, 5) is 7.55. The lowest BCUT2D eigenvalue weighted by molar-refractivity contribution is 0.494. The van der Waals surface area contributed by atoms with Crippen molar-refractivity contribution in [2.24, 2.45) is 0 Å². The number of rotatable bonds is 2. The van der Waals surface area contributed by atoms with E-state index in [2.05, 4.69) is 9.97 Å². The number of nitrogens with one attached hydrogen (secondary N) is 1. The third-order valence-corrected chi connectivity index (χ3v) is 3.09. The number of aromatic nitrogens is 3. The molecule has 0 bridgehead atoms. The summed E-state index contributed by atoms with van der Waals surface area (Å²) in [5.74, 6) is 0.866. The summed E-state index contributed by atoms with van der Waals surface area (Å²) in [6, 6.07) is 5.76. The third-order valence-electron chi connectivity index (χ3n) is 2.77. The fourth-order valence-electron chi connectivity index (χ4n) is 1.88. The number of pyridine rings is 1. The maximum atomic E-state index is 5.33. The molecule has 0 saturated carbocycles. The van der Waals surface area contributed by atoms with Gasteiger partial charge in [-0.2, -0.15) is 0 Å². The Kier molecular flexibility index (Phi) is 2.33. The Balaban J connectivity index is 2.19. The van der Waals surface area contributed by atoms with E-state index in [1.807, 2.05) is 29.7 Å². The lowest BCUT2D eigenvalue weighted by Gasteiger charge is -2.01. The van der Waals surface area contributed by atoms with Crippen LogP contribution in [0, 0.1) is 11.7 Å². The molecular weight excluding hydrogens is 234 g/mol. The minimum absolute atomic E-state index is 0.599. The fraction of sp³-hybridized carbons (Fsp3) is 0.167. The predicted octanol–water partition coefficient (Wildman–Crippen LogP) is 3.04. The highest BCUT2D eigenvalue weighted by molar-refractivity contribution is 7.71. The van der Waals surface area contributed by atoms with Gasteiger partial charge >= 0.3 is 0 Å². The quantitative estimate of drug-likeness (QED) is 0.706. The number of hydrogen-bond acceptors (Lipinski definition) is 3. The van der Waals surface area contributed by atoms with Gasteiger partial charge in [-0.3, -0.25) is 4.57 Å². The molecule has 0 unspecified atom stereocenters. The van der Waals surface area contributed by atoms with Crippen LogP contribution in [0.3, 0.4) is 0 Å². The lowest BCUT2D eigenvalue weighted by Crippen LogP contribution is -1.99. The van der Waals surface area contributed by atoms with Crippen molar-refractivity contribution >= 4 is 23.4 Å². The van der Waals surface area contributed by atoms with Crippen LogP contribution in [0.2, 0.25) is 0 Å². The normalized spacial score (nSPS) is 11.1. The Labute approximate surface area is 103 Å². The van der Waals surface area contributed by atoms with E-state index in [1.165, 1.54) is 0 Å². The smallest absolute Gasteiger partial charge is 0.179 e. The van der Waals surface area contributed by atoms with Gasteiger partial charge in [-0.25, -0.2) is 4.98 Å². The number of H-pyrrole nitrogens is 1. The van der Waals surface area contributed by atoms with Crippen LogP contribution in [-0.2, 0) is 6.54 Å². The first-order valence-electron chi connectivity index (χ1n) is 5.32. The minimum atomic E-state index is 0.599. The van der Waals surface area contributed by atoms with Gasteiger partial charge in [0.1, 0.15) is 5.76 Å². The second-order valence-corrected chi connectivity index (χ2v) is 4.31. The summed E-state index contributed by atoms with van der Waals surface area (Å²) in [7, 11) is 0. The first-order chi connectivity index (χ1) is 8.25. The monoisotopic (exact) mass is 245 g/mol. The van der Waals surface area contributed by atoms with Gasteiger partial charge in [-0.1, -0.05) is 0 Å². The van der Waals surface area contributed by atoms with Crippen LogP contribution in [0.25, 0.3) is 11.2 Å². The molecule has 3 aromatic rings. The summed E-state index contributed by atoms with van der Waals surface area (Å²) in [6.45, 7) is 2.63. The molecule has 1 N–H and O–H groups in total. The number of furan rings is 1. The number of aryl methyl sites for hydroxylation is 1. The van der Waals surface area contributed by atoms with Crippen LogP contribution in [0.15, 0.2) is 35.1 Å². The van der Waals surface area contributed by atoms with E-state index in [9.17, 15) is 0 Å². The molecule has 3 aromatic heterocycles. The van der Waals surface area contributed by atoms with E-state index in [4.69, 9.17) is 16.6 Å². The Hall–Kier alpha value is -1.88. The van der Waals surface area contributed by atoms with Crippen molar-refractivity contribution < 1.29 is 4.42 Å². The zero-order chi connectivity index (χ0) is 11.8. The summed E-state index contributed by atoms with van der Waals surface area (Å²) in [5.41, 5.74) is 3.00. The van der Waals surface area contributed by atoms with Gasteiger partial charge in [-0.05, 0) is 42.9 Å². The SMILES string of the molecule is Cc1ccnc2c1[nH]c(=S)n2Cc1ccco1. The molecule has 0 aliphatic rings. The van der Waals surface area contributed by atoms with Gasteiger partial charge in [-0.15, -0.1) is 0 Å². The molecule has 3 rings (SSSR count). The first kappa shape index (κ1) is 10.3. The summed E-state index contributed by atoms with van der Waals surface area (Å²) in [5, 5.41) is 0. The highest BCUT2D eigenvalue weighted by Crippen LogP contribution is 2.16. The van der Waals surface area contributed by atoms with E-state index >= 15 is 0 Å². The minimum Gasteiger partial charge on any atom is -0.467 e. The number of hydrogen-bond donors (Lipinski definition) is 1. The Bertz CT molecular complexity index is 709. The Morgan fingerprint density at radius 3 is 3.12 bits per heavy atom. The topological polar surface area (TPSA) is 46.8 Å². The Morgan fingerprint density at radius 2 is 2.35 bits per heavy atom. The highest BCUT2D eigenvalue weighted by atomic mass is 32.1. The van der Waals surface area contributed by atoms with E-state index in [-0.39, 0.29) is 0 Å². The maximum absolute atomic E-state index is 5.33. The molecule has 4 nitrogen and oxygen atoms in total. The second kappa shape index (κ2) is 3.85. The average Bonchev–Trinajstić information content (AvgIpc) is 2.91. The van der Waals surface area contributed by atoms with E-state index in [0.29, 0.717) is 11.3 Å². The van der Waals surface area contributed by atoms with Gasteiger partial charge in [0.05, 0.1) is 18.3 Å². The summed E-state index contributed by atoms with van der Waals surface area (Å²) >= 11 is 5.31. The summed E-state index contributed by atoms with van der Waals surface area (Å²) in [6.07, 6.45) is 3.45. The van der Waals surface area contributed by atoms with Crippen LogP contribution >= 0.6 is 12.2 Å². The van der Waals surface area contributed by atoms with Crippen molar-refractivity contribution in [3.8, 4) is 0 Å². The molecule has 0 fully saturated rings. The molecule has 3 heterocycles. The third kappa shape index (κ3) is 1.68. The standard InChI is InChI=1S/C12H11N3OS/c1-8-4-5-13-11-10(8)14-12(17)15(11)7-9-3-2-6-16-9/h2-6H,7H2,1H3,(H,14,17). The Morgan fingerprint density at radius 1 is 1.47 bits per heavy atom. The first-order valence-corrected chi connectivity index (χ1v) is 5.73.